The maximum atomic E-state index is 12.8. The summed E-state index contributed by atoms with van der Waals surface area (Å²) in [5.41, 5.74) is 0.739. The fourth-order valence-electron chi connectivity index (χ4n) is 4.16. The van der Waals surface area contributed by atoms with Crippen molar-refractivity contribution in [2.24, 2.45) is 0 Å². The van der Waals surface area contributed by atoms with Crippen LogP contribution in [-0.4, -0.2) is 56.7 Å². The fourth-order valence-corrected chi connectivity index (χ4v) is 4.61. The zero-order chi connectivity index (χ0) is 18.6. The first-order chi connectivity index (χ1) is 13.2. The summed E-state index contributed by atoms with van der Waals surface area (Å²) in [5.74, 6) is 1.17. The van der Waals surface area contributed by atoms with E-state index in [9.17, 15) is 4.79 Å². The van der Waals surface area contributed by atoms with Gasteiger partial charge in [-0.1, -0.05) is 31.4 Å². The molecule has 0 atom stereocenters. The van der Waals surface area contributed by atoms with Crippen LogP contribution in [0.5, 0.6) is 0 Å². The lowest BCUT2D eigenvalue weighted by Gasteiger charge is -2.35. The first-order valence-corrected chi connectivity index (χ1v) is 10.7. The lowest BCUT2D eigenvalue weighted by molar-refractivity contribution is 0.0622. The maximum Gasteiger partial charge on any atom is 0.255 e. The molecule has 0 bridgehead atoms. The number of nitrogens with zero attached hydrogens (tertiary/aromatic N) is 5. The van der Waals surface area contributed by atoms with E-state index in [0.717, 1.165) is 48.6 Å². The summed E-state index contributed by atoms with van der Waals surface area (Å²) in [4.78, 5) is 17.1. The standard InChI is InChI=1S/C20H26BrN5O/c21-18-9-5-4-8-17(18)20(27)25-12-10-24(11-13-25)14-19-23-22-15-26(19)16-6-2-1-3-7-16/h4-5,8-9,15-16H,1-3,6-7,10-14H2. The molecule has 6 nitrogen and oxygen atoms in total. The first kappa shape index (κ1) is 18.6. The Morgan fingerprint density at radius 3 is 2.56 bits per heavy atom. The van der Waals surface area contributed by atoms with Gasteiger partial charge in [0.1, 0.15) is 12.2 Å². The molecule has 2 aromatic rings. The topological polar surface area (TPSA) is 54.3 Å². The van der Waals surface area contributed by atoms with Crippen LogP contribution >= 0.6 is 15.9 Å². The number of carbonyl (C=O) groups is 1. The summed E-state index contributed by atoms with van der Waals surface area (Å²) in [6.07, 6.45) is 8.33. The van der Waals surface area contributed by atoms with Crippen LogP contribution in [0.1, 0.15) is 54.3 Å². The molecule has 1 aromatic heterocycles. The SMILES string of the molecule is O=C(c1ccccc1Br)N1CCN(Cc2nncn2C2CCCCC2)CC1. The van der Waals surface area contributed by atoms with E-state index in [1.54, 1.807) is 0 Å². The van der Waals surface area contributed by atoms with Crippen molar-refractivity contribution in [3.8, 4) is 0 Å². The average Bonchev–Trinajstić information content (AvgIpc) is 3.17. The highest BCUT2D eigenvalue weighted by molar-refractivity contribution is 9.10. The van der Waals surface area contributed by atoms with E-state index in [2.05, 4.69) is 35.6 Å². The van der Waals surface area contributed by atoms with Crippen molar-refractivity contribution in [2.45, 2.75) is 44.7 Å². The summed E-state index contributed by atoms with van der Waals surface area (Å²) in [5, 5.41) is 8.56. The largest absolute Gasteiger partial charge is 0.336 e. The fraction of sp³-hybridized carbons (Fsp3) is 0.550. The molecule has 144 valence electrons. The lowest BCUT2D eigenvalue weighted by Crippen LogP contribution is -2.48. The Morgan fingerprint density at radius 1 is 1.07 bits per heavy atom. The van der Waals surface area contributed by atoms with Gasteiger partial charge in [0, 0.05) is 36.7 Å². The molecule has 1 saturated carbocycles. The van der Waals surface area contributed by atoms with E-state index in [-0.39, 0.29) is 5.91 Å². The molecule has 27 heavy (non-hydrogen) atoms. The number of piperazine rings is 1. The van der Waals surface area contributed by atoms with Crippen LogP contribution in [0.25, 0.3) is 0 Å². The van der Waals surface area contributed by atoms with Crippen LogP contribution in [-0.2, 0) is 6.54 Å². The summed E-state index contributed by atoms with van der Waals surface area (Å²) in [6.45, 7) is 4.05. The third kappa shape index (κ3) is 4.24. The monoisotopic (exact) mass is 431 g/mol. The van der Waals surface area contributed by atoms with Crippen LogP contribution in [0.2, 0.25) is 0 Å². The minimum absolute atomic E-state index is 0.104. The summed E-state index contributed by atoms with van der Waals surface area (Å²) >= 11 is 3.48. The van der Waals surface area contributed by atoms with Crippen molar-refractivity contribution in [3.63, 3.8) is 0 Å². The summed E-state index contributed by atoms with van der Waals surface area (Å²) < 4.78 is 3.15. The number of halogens is 1. The summed E-state index contributed by atoms with van der Waals surface area (Å²) in [7, 11) is 0. The third-order valence-electron chi connectivity index (χ3n) is 5.74. The van der Waals surface area contributed by atoms with Crippen molar-refractivity contribution in [2.75, 3.05) is 26.2 Å². The van der Waals surface area contributed by atoms with E-state index in [0.29, 0.717) is 6.04 Å². The number of hydrogen-bond donors (Lipinski definition) is 0. The molecule has 0 radical (unpaired) electrons. The van der Waals surface area contributed by atoms with Crippen LogP contribution in [0.15, 0.2) is 35.1 Å². The molecular weight excluding hydrogens is 406 g/mol. The van der Waals surface area contributed by atoms with E-state index in [4.69, 9.17) is 0 Å². The third-order valence-corrected chi connectivity index (χ3v) is 6.44. The van der Waals surface area contributed by atoms with Crippen LogP contribution < -0.4 is 0 Å². The highest BCUT2D eigenvalue weighted by Crippen LogP contribution is 2.29. The number of aromatic nitrogens is 3. The van der Waals surface area contributed by atoms with Gasteiger partial charge in [-0.2, -0.15) is 0 Å². The molecule has 2 fully saturated rings. The van der Waals surface area contributed by atoms with Gasteiger partial charge >= 0.3 is 0 Å². The van der Waals surface area contributed by atoms with E-state index < -0.39 is 0 Å². The van der Waals surface area contributed by atoms with Gasteiger partial charge < -0.3 is 9.47 Å². The molecule has 1 aliphatic carbocycles. The molecule has 0 spiro atoms. The predicted octanol–water partition coefficient (Wildman–Crippen LogP) is 3.50. The quantitative estimate of drug-likeness (QED) is 0.742. The molecule has 1 saturated heterocycles. The van der Waals surface area contributed by atoms with Gasteiger partial charge in [0.2, 0.25) is 0 Å². The van der Waals surface area contributed by atoms with Crippen LogP contribution in [0.4, 0.5) is 0 Å². The molecule has 2 heterocycles. The zero-order valence-corrected chi connectivity index (χ0v) is 17.1. The maximum absolute atomic E-state index is 12.8. The van der Waals surface area contributed by atoms with Crippen molar-refractivity contribution in [3.05, 3.63) is 46.5 Å². The number of hydrogen-bond acceptors (Lipinski definition) is 4. The Morgan fingerprint density at radius 2 is 1.81 bits per heavy atom. The van der Waals surface area contributed by atoms with Crippen molar-refractivity contribution in [1.29, 1.82) is 0 Å². The van der Waals surface area contributed by atoms with Crippen molar-refractivity contribution in [1.82, 2.24) is 24.6 Å². The van der Waals surface area contributed by atoms with Crippen LogP contribution in [0.3, 0.4) is 0 Å². The first-order valence-electron chi connectivity index (χ1n) is 9.87. The predicted molar refractivity (Wildman–Crippen MR) is 107 cm³/mol. The van der Waals surface area contributed by atoms with Gasteiger partial charge in [-0.05, 0) is 40.9 Å². The lowest BCUT2D eigenvalue weighted by atomic mass is 9.95. The molecule has 4 rings (SSSR count). The highest BCUT2D eigenvalue weighted by Gasteiger charge is 2.25. The molecule has 0 unspecified atom stereocenters. The van der Waals surface area contributed by atoms with Gasteiger partial charge in [-0.3, -0.25) is 9.69 Å². The van der Waals surface area contributed by atoms with E-state index in [1.807, 2.05) is 35.5 Å². The highest BCUT2D eigenvalue weighted by atomic mass is 79.9. The second-order valence-corrected chi connectivity index (χ2v) is 8.35. The van der Waals surface area contributed by atoms with E-state index in [1.165, 1.54) is 32.1 Å². The second-order valence-electron chi connectivity index (χ2n) is 7.49. The molecule has 1 aromatic carbocycles. The Bertz CT molecular complexity index is 778. The Kier molecular flexibility index (Phi) is 5.88. The molecule has 2 aliphatic rings. The van der Waals surface area contributed by atoms with Crippen LogP contribution in [0, 0.1) is 0 Å². The molecular formula is C20H26BrN5O. The second kappa shape index (κ2) is 8.52. The number of amides is 1. The number of rotatable bonds is 4. The van der Waals surface area contributed by atoms with Gasteiger partial charge in [0.05, 0.1) is 12.1 Å². The summed E-state index contributed by atoms with van der Waals surface area (Å²) in [6, 6.07) is 8.20. The number of benzene rings is 1. The average molecular weight is 432 g/mol. The van der Waals surface area contributed by atoms with E-state index >= 15 is 0 Å². The Balaban J connectivity index is 1.34. The molecule has 7 heteroatoms. The number of carbonyl (C=O) groups excluding carboxylic acids is 1. The Labute approximate surface area is 168 Å². The minimum Gasteiger partial charge on any atom is -0.336 e. The van der Waals surface area contributed by atoms with Gasteiger partial charge in [0.15, 0.2) is 0 Å². The Hall–Kier alpha value is -1.73. The molecule has 1 amide bonds. The van der Waals surface area contributed by atoms with Crippen molar-refractivity contribution < 1.29 is 4.79 Å². The molecule has 0 N–H and O–H groups in total. The molecule has 1 aliphatic heterocycles. The van der Waals surface area contributed by atoms with Crippen molar-refractivity contribution >= 4 is 21.8 Å². The smallest absolute Gasteiger partial charge is 0.255 e. The van der Waals surface area contributed by atoms with Gasteiger partial charge in [-0.15, -0.1) is 10.2 Å². The zero-order valence-electron chi connectivity index (χ0n) is 15.6. The minimum atomic E-state index is 0.104. The van der Waals surface area contributed by atoms with Gasteiger partial charge in [0.25, 0.3) is 5.91 Å². The normalized spacial score (nSPS) is 19.4. The van der Waals surface area contributed by atoms with Gasteiger partial charge in [-0.25, -0.2) is 0 Å².